The van der Waals surface area contributed by atoms with Crippen molar-refractivity contribution >= 4 is 19.7 Å². The monoisotopic (exact) mass is 275 g/mol. The molecule has 2 aromatic rings. The van der Waals surface area contributed by atoms with E-state index < -0.39 is 9.05 Å². The van der Waals surface area contributed by atoms with Crippen molar-refractivity contribution in [1.29, 1.82) is 0 Å². The van der Waals surface area contributed by atoms with Crippen LogP contribution in [0.15, 0.2) is 17.7 Å². The Morgan fingerprint density at radius 1 is 1.41 bits per heavy atom. The van der Waals surface area contributed by atoms with E-state index in [1.807, 2.05) is 7.05 Å². The molecule has 7 nitrogen and oxygen atoms in total. The molecule has 0 saturated carbocycles. The number of aromatic nitrogens is 5. The molecule has 0 N–H and O–H groups in total. The molecule has 0 aromatic carbocycles. The van der Waals surface area contributed by atoms with Gasteiger partial charge in [-0.05, 0) is 6.92 Å². The van der Waals surface area contributed by atoms with Crippen LogP contribution in [0.1, 0.15) is 6.92 Å². The largest absolute Gasteiger partial charge is 0.340 e. The van der Waals surface area contributed by atoms with Crippen LogP contribution in [-0.4, -0.2) is 32.7 Å². The van der Waals surface area contributed by atoms with Gasteiger partial charge < -0.3 is 4.57 Å². The van der Waals surface area contributed by atoms with Crippen molar-refractivity contribution in [2.24, 2.45) is 7.05 Å². The van der Waals surface area contributed by atoms with Gasteiger partial charge in [-0.2, -0.15) is 0 Å². The van der Waals surface area contributed by atoms with Gasteiger partial charge in [-0.1, -0.05) is 0 Å². The molecule has 0 aliphatic rings. The molecule has 2 rings (SSSR count). The Morgan fingerprint density at radius 2 is 2.12 bits per heavy atom. The van der Waals surface area contributed by atoms with Gasteiger partial charge in [-0.15, -0.1) is 10.2 Å². The Labute approximate surface area is 102 Å². The number of hydrogen-bond acceptors (Lipinski definition) is 5. The van der Waals surface area contributed by atoms with Crippen molar-refractivity contribution in [2.45, 2.75) is 18.6 Å². The third-order valence-electron chi connectivity index (χ3n) is 2.19. The highest BCUT2D eigenvalue weighted by Gasteiger charge is 2.23. The molecule has 92 valence electrons. The molecular weight excluding hydrogens is 266 g/mol. The first-order chi connectivity index (χ1) is 7.93. The maximum atomic E-state index is 11.3. The summed E-state index contributed by atoms with van der Waals surface area (Å²) < 4.78 is 25.7. The highest BCUT2D eigenvalue weighted by molar-refractivity contribution is 8.13. The van der Waals surface area contributed by atoms with Crippen molar-refractivity contribution in [2.75, 3.05) is 0 Å². The molecule has 0 bridgehead atoms. The van der Waals surface area contributed by atoms with Crippen LogP contribution >= 0.6 is 10.7 Å². The van der Waals surface area contributed by atoms with E-state index in [4.69, 9.17) is 10.7 Å². The molecule has 17 heavy (non-hydrogen) atoms. The average molecular weight is 276 g/mol. The molecule has 9 heteroatoms. The van der Waals surface area contributed by atoms with E-state index in [1.165, 1.54) is 4.57 Å². The molecule has 0 unspecified atom stereocenters. The van der Waals surface area contributed by atoms with Gasteiger partial charge >= 0.3 is 0 Å². The van der Waals surface area contributed by atoms with Gasteiger partial charge in [0.1, 0.15) is 5.69 Å². The van der Waals surface area contributed by atoms with E-state index in [0.29, 0.717) is 18.1 Å². The van der Waals surface area contributed by atoms with Crippen molar-refractivity contribution in [3.63, 3.8) is 0 Å². The predicted molar refractivity (Wildman–Crippen MR) is 60.9 cm³/mol. The number of aryl methyl sites for hydroxylation is 1. The van der Waals surface area contributed by atoms with Gasteiger partial charge in [0.15, 0.2) is 5.82 Å². The summed E-state index contributed by atoms with van der Waals surface area (Å²) in [6, 6.07) is 0. The fraction of sp³-hybridized carbons (Fsp3) is 0.375. The molecule has 0 radical (unpaired) electrons. The van der Waals surface area contributed by atoms with E-state index in [2.05, 4.69) is 15.2 Å². The zero-order valence-electron chi connectivity index (χ0n) is 9.20. The first-order valence-corrected chi connectivity index (χ1v) is 7.10. The Balaban J connectivity index is 2.61. The average Bonchev–Trinajstić information content (AvgIpc) is 2.81. The lowest BCUT2D eigenvalue weighted by atomic mass is 10.4. The van der Waals surface area contributed by atoms with Crippen LogP contribution < -0.4 is 0 Å². The van der Waals surface area contributed by atoms with Crippen molar-refractivity contribution in [1.82, 2.24) is 24.3 Å². The normalized spacial score (nSPS) is 11.9. The fourth-order valence-electron chi connectivity index (χ4n) is 1.47. The quantitative estimate of drug-likeness (QED) is 0.767. The van der Waals surface area contributed by atoms with Crippen LogP contribution in [0.2, 0.25) is 0 Å². The van der Waals surface area contributed by atoms with Gasteiger partial charge in [0.2, 0.25) is 0 Å². The molecule has 0 spiro atoms. The fourth-order valence-corrected chi connectivity index (χ4v) is 2.43. The van der Waals surface area contributed by atoms with Crippen molar-refractivity contribution in [3.05, 3.63) is 12.5 Å². The Kier molecular flexibility index (Phi) is 2.92. The highest BCUT2D eigenvalue weighted by atomic mass is 35.7. The number of hydrogen-bond donors (Lipinski definition) is 0. The molecule has 0 atom stereocenters. The number of rotatable bonds is 3. The maximum Gasteiger partial charge on any atom is 0.296 e. The Hall–Kier alpha value is -1.41. The molecule has 0 aliphatic heterocycles. The Morgan fingerprint density at radius 3 is 2.59 bits per heavy atom. The molecular formula is C8H10ClN5O2S. The van der Waals surface area contributed by atoms with Crippen LogP contribution in [-0.2, 0) is 22.6 Å². The van der Waals surface area contributed by atoms with Crippen LogP contribution in [0.3, 0.4) is 0 Å². The lowest BCUT2D eigenvalue weighted by molar-refractivity contribution is 0.582. The van der Waals surface area contributed by atoms with E-state index in [9.17, 15) is 8.42 Å². The van der Waals surface area contributed by atoms with Gasteiger partial charge in [0.25, 0.3) is 14.2 Å². The zero-order valence-corrected chi connectivity index (χ0v) is 10.8. The van der Waals surface area contributed by atoms with Gasteiger partial charge in [-0.3, -0.25) is 4.57 Å². The van der Waals surface area contributed by atoms with Crippen molar-refractivity contribution in [3.8, 4) is 11.5 Å². The van der Waals surface area contributed by atoms with E-state index in [-0.39, 0.29) is 5.16 Å². The molecule has 0 fully saturated rings. The summed E-state index contributed by atoms with van der Waals surface area (Å²) in [6.07, 6.45) is 3.32. The number of imidazole rings is 1. The smallest absolute Gasteiger partial charge is 0.296 e. The van der Waals surface area contributed by atoms with Gasteiger partial charge in [0, 0.05) is 30.5 Å². The summed E-state index contributed by atoms with van der Waals surface area (Å²) in [5.41, 5.74) is 0.549. The minimum Gasteiger partial charge on any atom is -0.340 e. The molecule has 0 amide bonds. The molecule has 0 aliphatic carbocycles. The first kappa shape index (κ1) is 12.1. The van der Waals surface area contributed by atoms with Crippen molar-refractivity contribution < 1.29 is 8.42 Å². The summed E-state index contributed by atoms with van der Waals surface area (Å²) in [7, 11) is 3.18. The second-order valence-electron chi connectivity index (χ2n) is 3.41. The van der Waals surface area contributed by atoms with E-state index in [1.54, 1.807) is 24.0 Å². The summed E-state index contributed by atoms with van der Waals surface area (Å²) >= 11 is 0. The van der Waals surface area contributed by atoms with Crippen LogP contribution in [0.4, 0.5) is 0 Å². The second-order valence-corrected chi connectivity index (χ2v) is 5.87. The van der Waals surface area contributed by atoms with Crippen LogP contribution in [0.5, 0.6) is 0 Å². The summed E-state index contributed by atoms with van der Waals surface area (Å²) in [5.74, 6) is 0.382. The highest BCUT2D eigenvalue weighted by Crippen LogP contribution is 2.20. The Bertz CT molecular complexity index is 645. The summed E-state index contributed by atoms with van der Waals surface area (Å²) in [4.78, 5) is 4.09. The molecule has 0 saturated heterocycles. The summed E-state index contributed by atoms with van der Waals surface area (Å²) in [5, 5.41) is 7.14. The van der Waals surface area contributed by atoms with Gasteiger partial charge in [0.05, 0.1) is 6.33 Å². The third-order valence-corrected chi connectivity index (χ3v) is 3.34. The lowest BCUT2D eigenvalue weighted by Crippen LogP contribution is -2.06. The topological polar surface area (TPSA) is 82.7 Å². The van der Waals surface area contributed by atoms with Crippen LogP contribution in [0.25, 0.3) is 11.5 Å². The number of halogens is 1. The van der Waals surface area contributed by atoms with E-state index in [0.717, 1.165) is 0 Å². The third kappa shape index (κ3) is 2.18. The predicted octanol–water partition coefficient (Wildman–Crippen LogP) is 0.626. The van der Waals surface area contributed by atoms with Crippen LogP contribution in [0, 0.1) is 0 Å². The van der Waals surface area contributed by atoms with E-state index >= 15 is 0 Å². The summed E-state index contributed by atoms with van der Waals surface area (Å²) in [6.45, 7) is 2.17. The molecule has 2 aromatic heterocycles. The lowest BCUT2D eigenvalue weighted by Gasteiger charge is -2.02. The zero-order chi connectivity index (χ0) is 12.6. The standard InChI is InChI=1S/C8H10ClN5O2S/c1-3-14-7(6-4-13(2)5-10-6)11-12-8(14)17(9,15)16/h4-5H,3H2,1-2H3. The minimum atomic E-state index is -3.90. The first-order valence-electron chi connectivity index (χ1n) is 4.79. The SMILES string of the molecule is CCn1c(-c2cn(C)cn2)nnc1S(=O)(=O)Cl. The second kappa shape index (κ2) is 4.11. The van der Waals surface area contributed by atoms with Gasteiger partial charge in [-0.25, -0.2) is 13.4 Å². The number of nitrogens with zero attached hydrogens (tertiary/aromatic N) is 5. The molecule has 2 heterocycles. The maximum absolute atomic E-state index is 11.3. The minimum absolute atomic E-state index is 0.262.